The molecule has 1 saturated heterocycles. The number of aromatic amines is 1. The Kier molecular flexibility index (Phi) is 5.15. The molecule has 4 rings (SSSR count). The number of fused-ring (bicyclic) bond motifs is 1. The number of hydrogen-bond donors (Lipinski definition) is 1. The van der Waals surface area contributed by atoms with Crippen LogP contribution in [0.2, 0.25) is 0 Å². The quantitative estimate of drug-likeness (QED) is 0.755. The number of aromatic nitrogens is 1. The summed E-state index contributed by atoms with van der Waals surface area (Å²) in [6, 6.07) is 17.2. The summed E-state index contributed by atoms with van der Waals surface area (Å²) in [4.78, 5) is 31.8. The summed E-state index contributed by atoms with van der Waals surface area (Å²) >= 11 is 0. The minimum absolute atomic E-state index is 0.151. The highest BCUT2D eigenvalue weighted by Crippen LogP contribution is 2.21. The van der Waals surface area contributed by atoms with Crippen LogP contribution in [0.3, 0.4) is 0 Å². The molecular weight excluding hydrogens is 350 g/mol. The van der Waals surface area contributed by atoms with Crippen molar-refractivity contribution in [3.8, 4) is 0 Å². The van der Waals surface area contributed by atoms with Crippen molar-refractivity contribution < 1.29 is 4.79 Å². The summed E-state index contributed by atoms with van der Waals surface area (Å²) in [7, 11) is 1.77. The van der Waals surface area contributed by atoms with Gasteiger partial charge in [-0.2, -0.15) is 0 Å². The molecule has 0 atom stereocenters. The lowest BCUT2D eigenvalue weighted by molar-refractivity contribution is 0.0787. The number of nitrogens with zero attached hydrogens (tertiary/aromatic N) is 2. The third-order valence-corrected chi connectivity index (χ3v) is 5.40. The van der Waals surface area contributed by atoms with E-state index in [4.69, 9.17) is 0 Å². The summed E-state index contributed by atoms with van der Waals surface area (Å²) in [6.45, 7) is 2.74. The van der Waals surface area contributed by atoms with E-state index in [0.29, 0.717) is 17.6 Å². The fourth-order valence-electron chi connectivity index (χ4n) is 3.90. The number of amides is 1. The van der Waals surface area contributed by atoms with Gasteiger partial charge in [-0.1, -0.05) is 30.3 Å². The number of rotatable bonds is 4. The second-order valence-corrected chi connectivity index (χ2v) is 7.47. The van der Waals surface area contributed by atoms with Gasteiger partial charge in [0.15, 0.2) is 0 Å². The predicted octanol–water partition coefficient (Wildman–Crippen LogP) is 3.79. The second-order valence-electron chi connectivity index (χ2n) is 7.47. The first-order chi connectivity index (χ1) is 13.6. The van der Waals surface area contributed by atoms with Crippen LogP contribution in [0.1, 0.15) is 35.2 Å². The van der Waals surface area contributed by atoms with Crippen LogP contribution < -0.4 is 10.5 Å². The Morgan fingerprint density at radius 2 is 1.75 bits per heavy atom. The molecule has 144 valence electrons. The number of nitrogens with one attached hydrogen (secondary N) is 1. The Bertz CT molecular complexity index is 1030. The molecule has 3 aromatic rings. The van der Waals surface area contributed by atoms with E-state index >= 15 is 0 Å². The zero-order valence-electron chi connectivity index (χ0n) is 16.1. The number of para-hydroxylation sites is 1. The van der Waals surface area contributed by atoms with Gasteiger partial charge in [0.2, 0.25) is 5.56 Å². The monoisotopic (exact) mass is 375 g/mol. The molecule has 1 fully saturated rings. The molecule has 1 N–H and O–H groups in total. The van der Waals surface area contributed by atoms with Gasteiger partial charge in [-0.3, -0.25) is 9.59 Å². The van der Waals surface area contributed by atoms with Gasteiger partial charge in [0, 0.05) is 49.3 Å². The van der Waals surface area contributed by atoms with Gasteiger partial charge in [0.25, 0.3) is 5.91 Å². The Labute approximate surface area is 164 Å². The van der Waals surface area contributed by atoms with Crippen molar-refractivity contribution in [2.24, 2.45) is 0 Å². The highest BCUT2D eigenvalue weighted by atomic mass is 16.2. The standard InChI is InChI=1S/C23H25N3O2/c1-25(16-17-9-11-18(12-10-17)26-13-5-2-6-14-26)23(28)20-15-22(27)24-21-8-4-3-7-19(20)21/h3-4,7-12,15H,2,5-6,13-14,16H2,1H3,(H,24,27). The molecule has 0 unspecified atom stereocenters. The zero-order chi connectivity index (χ0) is 19.5. The van der Waals surface area contributed by atoms with Crippen LogP contribution in [0.4, 0.5) is 5.69 Å². The molecule has 2 heterocycles. The molecule has 1 aliphatic rings. The fraction of sp³-hybridized carbons (Fsp3) is 0.304. The van der Waals surface area contributed by atoms with E-state index in [9.17, 15) is 9.59 Å². The molecule has 2 aromatic carbocycles. The Morgan fingerprint density at radius 1 is 1.04 bits per heavy atom. The molecule has 1 amide bonds. The highest BCUT2D eigenvalue weighted by molar-refractivity contribution is 6.05. The zero-order valence-corrected chi connectivity index (χ0v) is 16.1. The van der Waals surface area contributed by atoms with Crippen LogP contribution in [-0.2, 0) is 6.54 Å². The van der Waals surface area contributed by atoms with E-state index in [-0.39, 0.29) is 11.5 Å². The maximum Gasteiger partial charge on any atom is 0.254 e. The number of pyridine rings is 1. The molecule has 0 bridgehead atoms. The Balaban J connectivity index is 1.51. The van der Waals surface area contributed by atoms with Gasteiger partial charge in [0.1, 0.15) is 0 Å². The van der Waals surface area contributed by atoms with E-state index in [1.54, 1.807) is 11.9 Å². The first-order valence-electron chi connectivity index (χ1n) is 9.83. The molecule has 5 heteroatoms. The predicted molar refractivity (Wildman–Crippen MR) is 113 cm³/mol. The Morgan fingerprint density at radius 3 is 2.50 bits per heavy atom. The van der Waals surface area contributed by atoms with Crippen molar-refractivity contribution in [2.75, 3.05) is 25.0 Å². The van der Waals surface area contributed by atoms with Crippen molar-refractivity contribution >= 4 is 22.5 Å². The SMILES string of the molecule is CN(Cc1ccc(N2CCCCC2)cc1)C(=O)c1cc(=O)[nH]c2ccccc12. The summed E-state index contributed by atoms with van der Waals surface area (Å²) in [5.74, 6) is -0.151. The number of carbonyl (C=O) groups excluding carboxylic acids is 1. The molecule has 1 aliphatic heterocycles. The van der Waals surface area contributed by atoms with Gasteiger partial charge in [-0.05, 0) is 43.0 Å². The molecular formula is C23H25N3O2. The molecule has 1 aromatic heterocycles. The number of hydrogen-bond acceptors (Lipinski definition) is 3. The van der Waals surface area contributed by atoms with E-state index in [1.807, 2.05) is 24.3 Å². The van der Waals surface area contributed by atoms with Crippen LogP contribution in [-0.4, -0.2) is 35.9 Å². The summed E-state index contributed by atoms with van der Waals surface area (Å²) in [5, 5.41) is 0.763. The third kappa shape index (κ3) is 3.79. The lowest BCUT2D eigenvalue weighted by atomic mass is 10.1. The maximum absolute atomic E-state index is 13.0. The first kappa shape index (κ1) is 18.3. The van der Waals surface area contributed by atoms with Gasteiger partial charge in [0.05, 0.1) is 5.56 Å². The molecule has 0 spiro atoms. The number of carbonyl (C=O) groups is 1. The number of H-pyrrole nitrogens is 1. The highest BCUT2D eigenvalue weighted by Gasteiger charge is 2.17. The van der Waals surface area contributed by atoms with Crippen LogP contribution in [0, 0.1) is 0 Å². The molecule has 0 aliphatic carbocycles. The smallest absolute Gasteiger partial charge is 0.254 e. The average molecular weight is 375 g/mol. The normalized spacial score (nSPS) is 14.2. The minimum atomic E-state index is -0.263. The van der Waals surface area contributed by atoms with E-state index < -0.39 is 0 Å². The summed E-state index contributed by atoms with van der Waals surface area (Å²) in [5.41, 5.74) is 3.18. The number of piperidine rings is 1. The van der Waals surface area contributed by atoms with Crippen LogP contribution >= 0.6 is 0 Å². The average Bonchev–Trinajstić information content (AvgIpc) is 2.73. The largest absolute Gasteiger partial charge is 0.372 e. The number of anilines is 1. The van der Waals surface area contributed by atoms with Crippen molar-refractivity contribution in [2.45, 2.75) is 25.8 Å². The lowest BCUT2D eigenvalue weighted by Crippen LogP contribution is -2.29. The van der Waals surface area contributed by atoms with Crippen LogP contribution in [0.5, 0.6) is 0 Å². The van der Waals surface area contributed by atoms with Crippen molar-refractivity contribution in [3.05, 3.63) is 76.1 Å². The van der Waals surface area contributed by atoms with Crippen LogP contribution in [0.15, 0.2) is 59.4 Å². The Hall–Kier alpha value is -3.08. The molecule has 5 nitrogen and oxygen atoms in total. The van der Waals surface area contributed by atoms with Gasteiger partial charge < -0.3 is 14.8 Å². The van der Waals surface area contributed by atoms with E-state index in [2.05, 4.69) is 34.1 Å². The first-order valence-corrected chi connectivity index (χ1v) is 9.83. The minimum Gasteiger partial charge on any atom is -0.372 e. The van der Waals surface area contributed by atoms with Crippen molar-refractivity contribution in [1.29, 1.82) is 0 Å². The van der Waals surface area contributed by atoms with Crippen LogP contribution in [0.25, 0.3) is 10.9 Å². The fourth-order valence-corrected chi connectivity index (χ4v) is 3.90. The molecule has 0 saturated carbocycles. The van der Waals surface area contributed by atoms with Crippen molar-refractivity contribution in [3.63, 3.8) is 0 Å². The van der Waals surface area contributed by atoms with Gasteiger partial charge in [-0.25, -0.2) is 0 Å². The van der Waals surface area contributed by atoms with Gasteiger partial charge >= 0.3 is 0 Å². The third-order valence-electron chi connectivity index (χ3n) is 5.40. The summed E-state index contributed by atoms with van der Waals surface area (Å²) in [6.07, 6.45) is 3.82. The number of benzene rings is 2. The topological polar surface area (TPSA) is 56.4 Å². The summed E-state index contributed by atoms with van der Waals surface area (Å²) < 4.78 is 0. The molecule has 28 heavy (non-hydrogen) atoms. The lowest BCUT2D eigenvalue weighted by Gasteiger charge is -2.29. The maximum atomic E-state index is 13.0. The second kappa shape index (κ2) is 7.89. The van der Waals surface area contributed by atoms with E-state index in [0.717, 1.165) is 24.0 Å². The molecule has 0 radical (unpaired) electrons. The van der Waals surface area contributed by atoms with Crippen molar-refractivity contribution in [1.82, 2.24) is 9.88 Å². The van der Waals surface area contributed by atoms with Gasteiger partial charge in [-0.15, -0.1) is 0 Å². The van der Waals surface area contributed by atoms with E-state index in [1.165, 1.54) is 31.0 Å².